The first-order valence-corrected chi connectivity index (χ1v) is 6.13. The van der Waals surface area contributed by atoms with Crippen LogP contribution in [0.15, 0.2) is 12.4 Å². The van der Waals surface area contributed by atoms with Crippen LogP contribution in [0.25, 0.3) is 0 Å². The van der Waals surface area contributed by atoms with Gasteiger partial charge >= 0.3 is 0 Å². The van der Waals surface area contributed by atoms with Crippen LogP contribution in [-0.4, -0.2) is 33.2 Å². The molecule has 1 aromatic rings. The van der Waals surface area contributed by atoms with E-state index >= 15 is 0 Å². The van der Waals surface area contributed by atoms with Crippen molar-refractivity contribution in [3.05, 3.63) is 18.0 Å². The first-order chi connectivity index (χ1) is 8.04. The monoisotopic (exact) mass is 236 g/mol. The van der Waals surface area contributed by atoms with Crippen molar-refractivity contribution in [1.82, 2.24) is 14.7 Å². The average Bonchev–Trinajstić information content (AvgIpc) is 2.82. The molecule has 0 radical (unpaired) electrons. The molecule has 0 spiro atoms. The highest BCUT2D eigenvalue weighted by atomic mass is 16.2. The zero-order valence-electron chi connectivity index (χ0n) is 10.6. The summed E-state index contributed by atoms with van der Waals surface area (Å²) in [6.07, 6.45) is 4.26. The van der Waals surface area contributed by atoms with Gasteiger partial charge in [0.1, 0.15) is 0 Å². The Morgan fingerprint density at radius 1 is 1.59 bits per heavy atom. The predicted molar refractivity (Wildman–Crippen MR) is 65.3 cm³/mol. The van der Waals surface area contributed by atoms with Gasteiger partial charge in [0.2, 0.25) is 5.91 Å². The Labute approximate surface area is 102 Å². The van der Waals surface area contributed by atoms with E-state index in [2.05, 4.69) is 18.9 Å². The fraction of sp³-hybridized carbons (Fsp3) is 0.667. The SMILES string of the molecule is CCN1C(=O)CC(N)C1c1cnn(C(C)C)c1. The number of likely N-dealkylation sites (tertiary alicyclic amines) is 1. The Morgan fingerprint density at radius 3 is 2.82 bits per heavy atom. The number of carbonyl (C=O) groups is 1. The van der Waals surface area contributed by atoms with Crippen LogP contribution in [0, 0.1) is 0 Å². The lowest BCUT2D eigenvalue weighted by Gasteiger charge is -2.24. The summed E-state index contributed by atoms with van der Waals surface area (Å²) >= 11 is 0. The van der Waals surface area contributed by atoms with Gasteiger partial charge in [0.25, 0.3) is 0 Å². The summed E-state index contributed by atoms with van der Waals surface area (Å²) in [6.45, 7) is 6.84. The van der Waals surface area contributed by atoms with Crippen LogP contribution in [-0.2, 0) is 4.79 Å². The number of hydrogen-bond donors (Lipinski definition) is 1. The Balaban J connectivity index is 2.28. The number of aromatic nitrogens is 2. The van der Waals surface area contributed by atoms with Crippen molar-refractivity contribution < 1.29 is 4.79 Å². The lowest BCUT2D eigenvalue weighted by molar-refractivity contribution is -0.128. The fourth-order valence-electron chi connectivity index (χ4n) is 2.40. The van der Waals surface area contributed by atoms with Gasteiger partial charge in [-0.1, -0.05) is 0 Å². The summed E-state index contributed by atoms with van der Waals surface area (Å²) in [5.74, 6) is 0.141. The highest BCUT2D eigenvalue weighted by molar-refractivity contribution is 5.80. The topological polar surface area (TPSA) is 64.2 Å². The van der Waals surface area contributed by atoms with Crippen molar-refractivity contribution in [3.63, 3.8) is 0 Å². The molecule has 1 aliphatic heterocycles. The van der Waals surface area contributed by atoms with Gasteiger partial charge in [-0.2, -0.15) is 5.10 Å². The van der Waals surface area contributed by atoms with Crippen LogP contribution in [0.5, 0.6) is 0 Å². The molecule has 2 N–H and O–H groups in total. The van der Waals surface area contributed by atoms with Gasteiger partial charge in [0.05, 0.1) is 12.2 Å². The normalized spacial score (nSPS) is 25.0. The molecule has 1 amide bonds. The zero-order valence-corrected chi connectivity index (χ0v) is 10.6. The van der Waals surface area contributed by atoms with Crippen molar-refractivity contribution in [2.75, 3.05) is 6.54 Å². The van der Waals surface area contributed by atoms with Gasteiger partial charge in [0, 0.05) is 36.8 Å². The van der Waals surface area contributed by atoms with E-state index in [1.165, 1.54) is 0 Å². The smallest absolute Gasteiger partial charge is 0.224 e. The molecule has 2 rings (SSSR count). The summed E-state index contributed by atoms with van der Waals surface area (Å²) in [6, 6.07) is 0.194. The van der Waals surface area contributed by atoms with Crippen LogP contribution in [0.1, 0.15) is 44.8 Å². The third kappa shape index (κ3) is 2.07. The van der Waals surface area contributed by atoms with Crippen molar-refractivity contribution in [1.29, 1.82) is 0 Å². The third-order valence-corrected chi connectivity index (χ3v) is 3.30. The molecule has 2 unspecified atom stereocenters. The maximum atomic E-state index is 11.8. The van der Waals surface area contributed by atoms with Gasteiger partial charge in [-0.3, -0.25) is 9.48 Å². The van der Waals surface area contributed by atoms with Crippen molar-refractivity contribution in [2.45, 2.75) is 45.3 Å². The predicted octanol–water partition coefficient (Wildman–Crippen LogP) is 1.08. The second-order valence-electron chi connectivity index (χ2n) is 4.84. The lowest BCUT2D eigenvalue weighted by atomic mass is 10.0. The molecule has 2 atom stereocenters. The van der Waals surface area contributed by atoms with Crippen LogP contribution in [0.4, 0.5) is 0 Å². The van der Waals surface area contributed by atoms with E-state index in [0.717, 1.165) is 5.56 Å². The highest BCUT2D eigenvalue weighted by Crippen LogP contribution is 2.31. The number of nitrogens with zero attached hydrogens (tertiary/aromatic N) is 3. The van der Waals surface area contributed by atoms with Gasteiger partial charge in [-0.15, -0.1) is 0 Å². The molecule has 0 bridgehead atoms. The summed E-state index contributed by atoms with van der Waals surface area (Å²) in [7, 11) is 0. The molecule has 1 fully saturated rings. The number of rotatable bonds is 3. The minimum absolute atomic E-state index is 0.0139. The van der Waals surface area contributed by atoms with Gasteiger partial charge < -0.3 is 10.6 Å². The largest absolute Gasteiger partial charge is 0.334 e. The summed E-state index contributed by atoms with van der Waals surface area (Å²) in [5, 5.41) is 4.31. The van der Waals surface area contributed by atoms with E-state index in [-0.39, 0.29) is 18.0 Å². The van der Waals surface area contributed by atoms with E-state index in [1.54, 1.807) is 0 Å². The van der Waals surface area contributed by atoms with Gasteiger partial charge in [-0.25, -0.2) is 0 Å². The zero-order chi connectivity index (χ0) is 12.6. The summed E-state index contributed by atoms with van der Waals surface area (Å²) < 4.78 is 1.90. The van der Waals surface area contributed by atoms with E-state index in [0.29, 0.717) is 19.0 Å². The molecule has 0 aromatic carbocycles. The number of amides is 1. The molecule has 2 heterocycles. The minimum Gasteiger partial charge on any atom is -0.334 e. The Bertz CT molecular complexity index is 412. The first kappa shape index (κ1) is 12.1. The fourth-order valence-corrected chi connectivity index (χ4v) is 2.40. The minimum atomic E-state index is -0.118. The second kappa shape index (κ2) is 4.49. The lowest BCUT2D eigenvalue weighted by Crippen LogP contribution is -2.32. The summed E-state index contributed by atoms with van der Waals surface area (Å²) in [4.78, 5) is 13.6. The summed E-state index contributed by atoms with van der Waals surface area (Å²) in [5.41, 5.74) is 7.09. The molecule has 1 aliphatic rings. The number of nitrogens with two attached hydrogens (primary N) is 1. The van der Waals surface area contributed by atoms with Crippen molar-refractivity contribution in [2.24, 2.45) is 5.73 Å². The Kier molecular flexibility index (Phi) is 3.19. The molecular weight excluding hydrogens is 216 g/mol. The van der Waals surface area contributed by atoms with E-state index < -0.39 is 0 Å². The van der Waals surface area contributed by atoms with Crippen LogP contribution in [0.2, 0.25) is 0 Å². The third-order valence-electron chi connectivity index (χ3n) is 3.30. The average molecular weight is 236 g/mol. The maximum absolute atomic E-state index is 11.8. The molecule has 1 saturated heterocycles. The first-order valence-electron chi connectivity index (χ1n) is 6.13. The molecule has 1 aromatic heterocycles. The second-order valence-corrected chi connectivity index (χ2v) is 4.84. The van der Waals surface area contributed by atoms with Crippen molar-refractivity contribution >= 4 is 5.91 Å². The Hall–Kier alpha value is -1.36. The molecule has 17 heavy (non-hydrogen) atoms. The van der Waals surface area contributed by atoms with Crippen molar-refractivity contribution in [3.8, 4) is 0 Å². The van der Waals surface area contributed by atoms with E-state index in [1.807, 2.05) is 28.9 Å². The van der Waals surface area contributed by atoms with Crippen LogP contribution in [0.3, 0.4) is 0 Å². The maximum Gasteiger partial charge on any atom is 0.224 e. The molecule has 0 aliphatic carbocycles. The standard InChI is InChI=1S/C12H20N4O/c1-4-15-11(17)5-10(13)12(15)9-6-14-16(7-9)8(2)3/h6-8,10,12H,4-5,13H2,1-3H3. The van der Waals surface area contributed by atoms with Crippen LogP contribution >= 0.6 is 0 Å². The molecule has 5 nitrogen and oxygen atoms in total. The Morgan fingerprint density at radius 2 is 2.29 bits per heavy atom. The van der Waals surface area contributed by atoms with Gasteiger partial charge in [-0.05, 0) is 20.8 Å². The van der Waals surface area contributed by atoms with Gasteiger partial charge in [0.15, 0.2) is 0 Å². The molecule has 94 valence electrons. The van der Waals surface area contributed by atoms with Crippen LogP contribution < -0.4 is 5.73 Å². The molecule has 5 heteroatoms. The number of carbonyl (C=O) groups excluding carboxylic acids is 1. The molecule has 0 saturated carbocycles. The molecular formula is C12H20N4O. The quantitative estimate of drug-likeness (QED) is 0.854. The number of hydrogen-bond acceptors (Lipinski definition) is 3. The van der Waals surface area contributed by atoms with E-state index in [4.69, 9.17) is 5.73 Å². The highest BCUT2D eigenvalue weighted by Gasteiger charge is 2.38. The number of likely N-dealkylation sites (N-methyl/N-ethyl adjacent to an activating group) is 1. The van der Waals surface area contributed by atoms with E-state index in [9.17, 15) is 4.79 Å².